The Bertz CT molecular complexity index is 10100. The molecule has 0 amide bonds. The first-order valence-electron chi connectivity index (χ1n) is 44.5. The number of rotatable bonds is 8. The quantitative estimate of drug-likeness (QED) is 0.152. The second kappa shape index (κ2) is 27.0. The molecular formula is C120H70N10. The summed E-state index contributed by atoms with van der Waals surface area (Å²) in [6.45, 7) is 0. The van der Waals surface area contributed by atoms with E-state index in [1.807, 2.05) is 24.3 Å². The summed E-state index contributed by atoms with van der Waals surface area (Å²) >= 11 is 0. The molecule has 30 aromatic rings. The number of fused-ring (bicyclic) bond motifs is 30. The van der Waals surface area contributed by atoms with E-state index < -0.39 is 0 Å². The number of aromatic nitrogens is 10. The minimum Gasteiger partial charge on any atom is -0.309 e. The standard InChI is InChI=1S/2C60H35N5/c1-2-16-40(17-3-1)63-50-23-11-6-18-42(50)45-33-39(28-31-53(45)63)59-58(61-48-21-9-10-22-49(48)62-59)36-26-29-41(30-27-36)64-54-34-38-15-5-4-14-37(38)32-47(54)56-55(64)35-46-43-19-7-12-24-51(43)65-52-25-13-8-20-44(52)57(56)60(46)65;1-2-16-40(17-3-1)63-50-23-11-6-18-42(50)44-31-28-39(34-53(44)63)59-58(61-48-21-9-10-22-49(48)62-59)36-26-29-41(30-27-36)64-54-33-38-15-5-4-14-37(38)32-47(54)56-55(64)35-46-43-19-7-12-24-51(43)65-52-25-13-8-20-45(52)57(56)60(46)65/h2*1-35H. The van der Waals surface area contributed by atoms with Crippen molar-refractivity contribution in [2.24, 2.45) is 0 Å². The van der Waals surface area contributed by atoms with E-state index in [-0.39, 0.29) is 0 Å². The van der Waals surface area contributed by atoms with Gasteiger partial charge in [0.05, 0.1) is 122 Å². The Morgan fingerprint density at radius 1 is 0.146 bits per heavy atom. The number of nitrogens with zero attached hydrogens (tertiary/aromatic N) is 10. The maximum absolute atomic E-state index is 5.38. The lowest BCUT2D eigenvalue weighted by Gasteiger charge is -2.13. The molecule has 0 aliphatic heterocycles. The average molecular weight is 1650 g/mol. The first-order valence-corrected chi connectivity index (χ1v) is 44.5. The number of hydrogen-bond acceptors (Lipinski definition) is 4. The van der Waals surface area contributed by atoms with Crippen LogP contribution >= 0.6 is 0 Å². The zero-order valence-electron chi connectivity index (χ0n) is 69.9. The van der Waals surface area contributed by atoms with Crippen molar-refractivity contribution in [3.63, 3.8) is 0 Å². The molecule has 130 heavy (non-hydrogen) atoms. The highest BCUT2D eigenvalue weighted by Crippen LogP contribution is 2.52. The van der Waals surface area contributed by atoms with Crippen LogP contribution in [0.2, 0.25) is 0 Å². The minimum absolute atomic E-state index is 0.851. The van der Waals surface area contributed by atoms with Gasteiger partial charge in [0.15, 0.2) is 0 Å². The van der Waals surface area contributed by atoms with Crippen molar-refractivity contribution < 1.29 is 0 Å². The predicted octanol–water partition coefficient (Wildman–Crippen LogP) is 30.9. The summed E-state index contributed by atoms with van der Waals surface area (Å²) in [4.78, 5) is 21.5. The van der Waals surface area contributed by atoms with Crippen molar-refractivity contribution in [3.05, 3.63) is 425 Å². The van der Waals surface area contributed by atoms with Gasteiger partial charge in [0.1, 0.15) is 0 Å². The monoisotopic (exact) mass is 1650 g/mol. The SMILES string of the molecule is c1ccc(-n2c3ccccc3c3cc(-c4nc5ccccc5nc4-c4ccc(-n5c6cc7ccccc7cc6c6c7c8ccccc8n8c9ccccc9c(cc65)c78)cc4)ccc32)cc1.c1ccc(-n2c3ccccc3c3ccc(-c4nc5ccccc5nc4-c4ccc(-n5c6cc7ccccc7cc6c6c7c8ccccc8n8c9ccccc9c(cc65)c78)cc4)cc32)cc1. The van der Waals surface area contributed by atoms with Gasteiger partial charge in [-0.15, -0.1) is 0 Å². The zero-order chi connectivity index (χ0) is 84.7. The Labute approximate surface area is 741 Å². The molecule has 0 unspecified atom stereocenters. The maximum atomic E-state index is 5.38. The van der Waals surface area contributed by atoms with E-state index in [0.29, 0.717) is 0 Å². The molecule has 20 aromatic carbocycles. The third-order valence-electron chi connectivity index (χ3n) is 27.8. The van der Waals surface area contributed by atoms with Gasteiger partial charge in [-0.25, -0.2) is 19.9 Å². The molecule has 600 valence electrons. The molecule has 0 bridgehead atoms. The molecule has 0 aliphatic rings. The fourth-order valence-corrected chi connectivity index (χ4v) is 22.2. The van der Waals surface area contributed by atoms with Gasteiger partial charge in [-0.1, -0.05) is 261 Å². The van der Waals surface area contributed by atoms with E-state index >= 15 is 0 Å². The Kier molecular flexibility index (Phi) is 14.7. The molecule has 0 radical (unpaired) electrons. The van der Waals surface area contributed by atoms with E-state index in [2.05, 4.69) is 427 Å². The Balaban J connectivity index is 0.000000128. The molecule has 0 spiro atoms. The van der Waals surface area contributed by atoms with Crippen LogP contribution in [0.5, 0.6) is 0 Å². The average Bonchev–Trinajstić information content (AvgIpc) is 1.52. The molecular weight excluding hydrogens is 1580 g/mol. The van der Waals surface area contributed by atoms with Crippen molar-refractivity contribution >= 4 is 207 Å². The lowest BCUT2D eigenvalue weighted by Crippen LogP contribution is -1.98. The van der Waals surface area contributed by atoms with E-state index in [1.165, 1.54) is 174 Å². The molecule has 30 rings (SSSR count). The summed E-state index contributed by atoms with van der Waals surface area (Å²) in [7, 11) is 0. The number of para-hydroxylation sites is 12. The Hall–Kier alpha value is -17.6. The highest BCUT2D eigenvalue weighted by atomic mass is 15.0. The molecule has 0 N–H and O–H groups in total. The van der Waals surface area contributed by atoms with Crippen LogP contribution in [-0.4, -0.2) is 47.0 Å². The summed E-state index contributed by atoms with van der Waals surface area (Å²) < 4.78 is 14.6. The topological polar surface area (TPSA) is 80.1 Å². The molecule has 0 fully saturated rings. The highest BCUT2D eigenvalue weighted by molar-refractivity contribution is 6.38. The van der Waals surface area contributed by atoms with Gasteiger partial charge in [0.2, 0.25) is 0 Å². The lowest BCUT2D eigenvalue weighted by molar-refractivity contribution is 1.18. The van der Waals surface area contributed by atoms with Crippen LogP contribution in [0.1, 0.15) is 0 Å². The van der Waals surface area contributed by atoms with Crippen molar-refractivity contribution in [2.45, 2.75) is 0 Å². The van der Waals surface area contributed by atoms with Gasteiger partial charge in [-0.05, 0) is 185 Å². The molecule has 0 aliphatic carbocycles. The number of benzene rings is 20. The second-order valence-corrected chi connectivity index (χ2v) is 34.7. The summed E-state index contributed by atoms with van der Waals surface area (Å²) in [6.07, 6.45) is 0. The molecule has 0 saturated heterocycles. The van der Waals surface area contributed by atoms with Crippen LogP contribution < -0.4 is 0 Å². The van der Waals surface area contributed by atoms with E-state index in [4.69, 9.17) is 19.9 Å². The van der Waals surface area contributed by atoms with Crippen molar-refractivity contribution in [1.29, 1.82) is 0 Å². The van der Waals surface area contributed by atoms with Crippen LogP contribution in [0.4, 0.5) is 0 Å². The summed E-state index contributed by atoms with van der Waals surface area (Å²) in [6, 6.07) is 154. The van der Waals surface area contributed by atoms with Crippen LogP contribution in [0.25, 0.3) is 275 Å². The third kappa shape index (κ3) is 10.1. The Morgan fingerprint density at radius 3 is 0.869 bits per heavy atom. The van der Waals surface area contributed by atoms with Crippen LogP contribution in [-0.2, 0) is 0 Å². The predicted molar refractivity (Wildman–Crippen MR) is 543 cm³/mol. The molecule has 10 aromatic heterocycles. The fraction of sp³-hybridized carbons (Fsp3) is 0. The molecule has 0 saturated carbocycles. The summed E-state index contributed by atoms with van der Waals surface area (Å²) in [5, 5.41) is 25.0. The van der Waals surface area contributed by atoms with Crippen LogP contribution in [0.15, 0.2) is 425 Å². The smallest absolute Gasteiger partial charge is 0.0973 e. The largest absolute Gasteiger partial charge is 0.309 e. The maximum Gasteiger partial charge on any atom is 0.0973 e. The van der Waals surface area contributed by atoms with Gasteiger partial charge in [0, 0.05) is 131 Å². The van der Waals surface area contributed by atoms with Crippen LogP contribution in [0.3, 0.4) is 0 Å². The van der Waals surface area contributed by atoms with E-state index in [0.717, 1.165) is 101 Å². The first kappa shape index (κ1) is 70.8. The molecule has 10 heterocycles. The molecule has 0 atom stereocenters. The van der Waals surface area contributed by atoms with E-state index in [1.54, 1.807) is 0 Å². The Morgan fingerprint density at radius 2 is 0.431 bits per heavy atom. The zero-order valence-corrected chi connectivity index (χ0v) is 69.9. The third-order valence-corrected chi connectivity index (χ3v) is 27.8. The van der Waals surface area contributed by atoms with E-state index in [9.17, 15) is 0 Å². The van der Waals surface area contributed by atoms with Gasteiger partial charge >= 0.3 is 0 Å². The lowest BCUT2D eigenvalue weighted by atomic mass is 10.0. The van der Waals surface area contributed by atoms with Gasteiger partial charge in [-0.2, -0.15) is 0 Å². The molecule has 10 nitrogen and oxygen atoms in total. The molecule has 10 heteroatoms. The second-order valence-electron chi connectivity index (χ2n) is 34.7. The van der Waals surface area contributed by atoms with Crippen LogP contribution in [0, 0.1) is 0 Å². The first-order chi connectivity index (χ1) is 64.5. The normalized spacial score (nSPS) is 12.3. The van der Waals surface area contributed by atoms with Gasteiger partial charge in [-0.3, -0.25) is 0 Å². The van der Waals surface area contributed by atoms with Gasteiger partial charge < -0.3 is 27.1 Å². The fourth-order valence-electron chi connectivity index (χ4n) is 22.2. The summed E-state index contributed by atoms with van der Waals surface area (Å²) in [5.74, 6) is 0. The minimum atomic E-state index is 0.851. The number of hydrogen-bond donors (Lipinski definition) is 0. The van der Waals surface area contributed by atoms with Crippen molar-refractivity contribution in [1.82, 2.24) is 47.0 Å². The van der Waals surface area contributed by atoms with Crippen molar-refractivity contribution in [2.75, 3.05) is 0 Å². The highest BCUT2D eigenvalue weighted by Gasteiger charge is 2.29. The summed E-state index contributed by atoms with van der Waals surface area (Å²) in [5.41, 5.74) is 32.3. The van der Waals surface area contributed by atoms with Crippen molar-refractivity contribution in [3.8, 4) is 67.8 Å². The van der Waals surface area contributed by atoms with Gasteiger partial charge in [0.25, 0.3) is 0 Å².